The third kappa shape index (κ3) is 3.81. The van der Waals surface area contributed by atoms with Crippen molar-refractivity contribution in [2.24, 2.45) is 11.8 Å². The van der Waals surface area contributed by atoms with Crippen molar-refractivity contribution in [1.82, 2.24) is 0 Å². The third-order valence-electron chi connectivity index (χ3n) is 3.07. The van der Waals surface area contributed by atoms with Crippen molar-refractivity contribution in [3.05, 3.63) is 0 Å². The molecule has 0 saturated heterocycles. The van der Waals surface area contributed by atoms with Crippen molar-refractivity contribution in [3.8, 4) is 0 Å². The minimum atomic E-state index is -1.32. The summed E-state index contributed by atoms with van der Waals surface area (Å²) in [5.74, 6) is -1.48. The van der Waals surface area contributed by atoms with Gasteiger partial charge in [0.15, 0.2) is 0 Å². The molecule has 1 saturated carbocycles. The first-order chi connectivity index (χ1) is 7.00. The van der Waals surface area contributed by atoms with E-state index in [0.29, 0.717) is 19.3 Å². The lowest BCUT2D eigenvalue weighted by Crippen LogP contribution is -2.35. The fourth-order valence-electron chi connectivity index (χ4n) is 2.15. The van der Waals surface area contributed by atoms with Crippen molar-refractivity contribution in [2.75, 3.05) is 0 Å². The first-order valence-electron chi connectivity index (χ1n) is 5.27. The molecule has 0 aliphatic heterocycles. The third-order valence-corrected chi connectivity index (χ3v) is 3.07. The van der Waals surface area contributed by atoms with Gasteiger partial charge in [0.1, 0.15) is 0 Å². The zero-order chi connectivity index (χ0) is 11.4. The smallest absolute Gasteiger partial charge is 0.451 e. The highest BCUT2D eigenvalue weighted by Crippen LogP contribution is 2.32. The molecule has 1 unspecified atom stereocenters. The Morgan fingerprint density at radius 1 is 1.33 bits per heavy atom. The fraction of sp³-hybridized carbons (Fsp3) is 0.889. The van der Waals surface area contributed by atoms with E-state index in [1.54, 1.807) is 0 Å². The van der Waals surface area contributed by atoms with Gasteiger partial charge in [-0.3, -0.25) is 4.79 Å². The molecule has 0 amide bonds. The quantitative estimate of drug-likeness (QED) is 0.484. The van der Waals surface area contributed by atoms with Gasteiger partial charge in [0.2, 0.25) is 0 Å². The van der Waals surface area contributed by atoms with Gasteiger partial charge in [0, 0.05) is 0 Å². The summed E-state index contributed by atoms with van der Waals surface area (Å²) in [5, 5.41) is 35.7. The first kappa shape index (κ1) is 12.5. The van der Waals surface area contributed by atoms with E-state index >= 15 is 0 Å². The summed E-state index contributed by atoms with van der Waals surface area (Å²) in [6, 6.07) is 0. The number of rotatable bonds is 4. The highest BCUT2D eigenvalue weighted by Gasteiger charge is 2.34. The van der Waals surface area contributed by atoms with E-state index in [4.69, 9.17) is 15.2 Å². The van der Waals surface area contributed by atoms with Crippen LogP contribution in [0.5, 0.6) is 0 Å². The van der Waals surface area contributed by atoms with E-state index < -0.39 is 25.1 Å². The summed E-state index contributed by atoms with van der Waals surface area (Å²) in [7, 11) is -1.32. The average Bonchev–Trinajstić information content (AvgIpc) is 2.16. The second kappa shape index (κ2) is 5.49. The molecular weight excluding hydrogens is 199 g/mol. The monoisotopic (exact) mass is 216 g/mol. The molecule has 86 valence electrons. The lowest BCUT2D eigenvalue weighted by Gasteiger charge is -2.30. The molecule has 4 N–H and O–H groups in total. The van der Waals surface area contributed by atoms with E-state index in [9.17, 15) is 9.90 Å². The van der Waals surface area contributed by atoms with Crippen LogP contribution in [0, 0.1) is 11.8 Å². The number of hydrogen-bond acceptors (Lipinski definition) is 4. The van der Waals surface area contributed by atoms with Gasteiger partial charge in [-0.2, -0.15) is 0 Å². The second-order valence-corrected chi connectivity index (χ2v) is 4.25. The lowest BCUT2D eigenvalue weighted by molar-refractivity contribution is -0.148. The molecular formula is C9H17BO5. The van der Waals surface area contributed by atoms with Crippen LogP contribution in [0.25, 0.3) is 0 Å². The Labute approximate surface area is 88.9 Å². The molecule has 5 nitrogen and oxygen atoms in total. The minimum absolute atomic E-state index is 0.177. The molecule has 0 bridgehead atoms. The lowest BCUT2D eigenvalue weighted by atomic mass is 9.73. The second-order valence-electron chi connectivity index (χ2n) is 4.25. The maximum Gasteiger partial charge on any atom is 0.451 e. The Hall–Kier alpha value is -0.585. The van der Waals surface area contributed by atoms with Crippen LogP contribution in [0.1, 0.15) is 25.7 Å². The Morgan fingerprint density at radius 2 is 2.00 bits per heavy atom. The van der Waals surface area contributed by atoms with Crippen molar-refractivity contribution in [2.45, 2.75) is 38.1 Å². The van der Waals surface area contributed by atoms with Gasteiger partial charge < -0.3 is 20.3 Å². The normalized spacial score (nSPS) is 31.3. The van der Waals surface area contributed by atoms with Crippen LogP contribution in [0.3, 0.4) is 0 Å². The van der Waals surface area contributed by atoms with Crippen LogP contribution < -0.4 is 0 Å². The molecule has 0 aromatic carbocycles. The summed E-state index contributed by atoms with van der Waals surface area (Å²) in [6.45, 7) is 0. The van der Waals surface area contributed by atoms with Crippen molar-refractivity contribution < 1.29 is 25.1 Å². The number of hydrogen-bond donors (Lipinski definition) is 4. The van der Waals surface area contributed by atoms with Crippen LogP contribution in [0.4, 0.5) is 0 Å². The molecule has 0 aromatic heterocycles. The molecule has 6 heteroatoms. The van der Waals surface area contributed by atoms with Crippen LogP contribution in [0.2, 0.25) is 6.32 Å². The Kier molecular flexibility index (Phi) is 4.57. The maximum atomic E-state index is 10.8. The van der Waals surface area contributed by atoms with Gasteiger partial charge in [-0.15, -0.1) is 0 Å². The molecule has 0 aromatic rings. The first-order valence-corrected chi connectivity index (χ1v) is 5.27. The van der Waals surface area contributed by atoms with Gasteiger partial charge in [-0.25, -0.2) is 0 Å². The SMILES string of the molecule is O=C(O)[C@H]1CC(CCB(O)O)CC[C@@H]1O. The molecule has 1 aliphatic rings. The summed E-state index contributed by atoms with van der Waals surface area (Å²) in [6.07, 6.45) is 1.81. The van der Waals surface area contributed by atoms with Gasteiger partial charge >= 0.3 is 13.1 Å². The summed E-state index contributed by atoms with van der Waals surface area (Å²) in [5.41, 5.74) is 0. The number of carboxylic acid groups (broad SMARTS) is 1. The predicted molar refractivity (Wildman–Crippen MR) is 54.1 cm³/mol. The standard InChI is InChI=1S/C9H17BO5/c11-8-2-1-6(3-4-10(14)15)5-7(8)9(12)13/h6-8,11,14-15H,1-5H2,(H,12,13)/t6?,7-,8-/m0/s1. The molecule has 0 heterocycles. The van der Waals surface area contributed by atoms with Gasteiger partial charge in [0.25, 0.3) is 0 Å². The summed E-state index contributed by atoms with van der Waals surface area (Å²) in [4.78, 5) is 10.8. The Balaban J connectivity index is 2.40. The molecule has 15 heavy (non-hydrogen) atoms. The number of aliphatic hydroxyl groups is 1. The fourth-order valence-corrected chi connectivity index (χ4v) is 2.15. The minimum Gasteiger partial charge on any atom is -0.481 e. The van der Waals surface area contributed by atoms with E-state index in [-0.39, 0.29) is 12.2 Å². The van der Waals surface area contributed by atoms with Crippen LogP contribution >= 0.6 is 0 Å². The number of carbonyl (C=O) groups is 1. The highest BCUT2D eigenvalue weighted by atomic mass is 16.4. The predicted octanol–water partition coefficient (Wildman–Crippen LogP) is -0.289. The van der Waals surface area contributed by atoms with Gasteiger partial charge in [-0.1, -0.05) is 6.42 Å². The maximum absolute atomic E-state index is 10.8. The molecule has 0 radical (unpaired) electrons. The van der Waals surface area contributed by atoms with Crippen molar-refractivity contribution in [1.29, 1.82) is 0 Å². The number of carboxylic acids is 1. The molecule has 1 rings (SSSR count). The number of aliphatic hydroxyl groups excluding tert-OH is 1. The van der Waals surface area contributed by atoms with Crippen LogP contribution in [0.15, 0.2) is 0 Å². The van der Waals surface area contributed by atoms with Gasteiger partial charge in [0.05, 0.1) is 12.0 Å². The van der Waals surface area contributed by atoms with Crippen LogP contribution in [-0.4, -0.2) is 39.5 Å². The average molecular weight is 216 g/mol. The zero-order valence-corrected chi connectivity index (χ0v) is 8.54. The molecule has 0 spiro atoms. The van der Waals surface area contributed by atoms with Crippen LogP contribution in [-0.2, 0) is 4.79 Å². The van der Waals surface area contributed by atoms with E-state index in [1.807, 2.05) is 0 Å². The summed E-state index contributed by atoms with van der Waals surface area (Å²) < 4.78 is 0. The van der Waals surface area contributed by atoms with Gasteiger partial charge in [-0.05, 0) is 31.5 Å². The number of aliphatic carboxylic acids is 1. The molecule has 3 atom stereocenters. The summed E-state index contributed by atoms with van der Waals surface area (Å²) >= 11 is 0. The molecule has 1 aliphatic carbocycles. The topological polar surface area (TPSA) is 98.0 Å². The van der Waals surface area contributed by atoms with E-state index in [0.717, 1.165) is 6.42 Å². The van der Waals surface area contributed by atoms with Crippen molar-refractivity contribution in [3.63, 3.8) is 0 Å². The van der Waals surface area contributed by atoms with E-state index in [2.05, 4.69) is 0 Å². The Bertz CT molecular complexity index is 221. The zero-order valence-electron chi connectivity index (χ0n) is 8.54. The highest BCUT2D eigenvalue weighted by molar-refractivity contribution is 6.40. The molecule has 1 fully saturated rings. The Morgan fingerprint density at radius 3 is 2.53 bits per heavy atom. The van der Waals surface area contributed by atoms with E-state index in [1.165, 1.54) is 0 Å². The largest absolute Gasteiger partial charge is 0.481 e. The van der Waals surface area contributed by atoms with Crippen molar-refractivity contribution >= 4 is 13.1 Å².